The summed E-state index contributed by atoms with van der Waals surface area (Å²) in [6, 6.07) is 23.4. The van der Waals surface area contributed by atoms with Crippen LogP contribution in [0, 0.1) is 0 Å². The maximum Gasteiger partial charge on any atom is 0.244 e. The van der Waals surface area contributed by atoms with Crippen molar-refractivity contribution in [3.8, 4) is 5.75 Å². The molecule has 0 bridgehead atoms. The van der Waals surface area contributed by atoms with E-state index in [9.17, 15) is 13.2 Å². The van der Waals surface area contributed by atoms with Gasteiger partial charge in [0.15, 0.2) is 9.84 Å². The zero-order chi connectivity index (χ0) is 22.6. The van der Waals surface area contributed by atoms with Crippen molar-refractivity contribution in [1.82, 2.24) is 4.57 Å². The molecule has 4 aromatic rings. The van der Waals surface area contributed by atoms with Crippen LogP contribution >= 0.6 is 0 Å². The molecule has 0 atom stereocenters. The van der Waals surface area contributed by atoms with E-state index in [4.69, 9.17) is 4.74 Å². The summed E-state index contributed by atoms with van der Waals surface area (Å²) in [5.41, 5.74) is 2.06. The number of carbonyl (C=O) groups is 1. The van der Waals surface area contributed by atoms with Gasteiger partial charge in [0.05, 0.1) is 17.3 Å². The molecular formula is C25H24N2O4S. The Labute approximate surface area is 187 Å². The van der Waals surface area contributed by atoms with Crippen LogP contribution in [0.25, 0.3) is 10.9 Å². The third-order valence-corrected chi connectivity index (χ3v) is 6.76. The van der Waals surface area contributed by atoms with Crippen LogP contribution in [-0.4, -0.2) is 25.5 Å². The van der Waals surface area contributed by atoms with Gasteiger partial charge >= 0.3 is 0 Å². The Kier molecular flexibility index (Phi) is 6.28. The monoisotopic (exact) mass is 448 g/mol. The van der Waals surface area contributed by atoms with Crippen LogP contribution < -0.4 is 10.1 Å². The smallest absolute Gasteiger partial charge is 0.244 e. The van der Waals surface area contributed by atoms with Gasteiger partial charge in [-0.15, -0.1) is 0 Å². The topological polar surface area (TPSA) is 77.4 Å². The average molecular weight is 449 g/mol. The molecule has 0 unspecified atom stereocenters. The molecule has 1 N–H and O–H groups in total. The summed E-state index contributed by atoms with van der Waals surface area (Å²) in [5, 5.41) is 3.46. The van der Waals surface area contributed by atoms with Gasteiger partial charge in [-0.3, -0.25) is 4.79 Å². The largest absolute Gasteiger partial charge is 0.494 e. The van der Waals surface area contributed by atoms with Gasteiger partial charge in [-0.05, 0) is 42.8 Å². The van der Waals surface area contributed by atoms with E-state index < -0.39 is 9.84 Å². The minimum atomic E-state index is -3.59. The van der Waals surface area contributed by atoms with Crippen LogP contribution in [0.15, 0.2) is 90.0 Å². The van der Waals surface area contributed by atoms with Crippen LogP contribution in [0.5, 0.6) is 5.75 Å². The number of hydrogen-bond acceptors (Lipinski definition) is 4. The molecule has 0 aliphatic carbocycles. The molecule has 1 heterocycles. The molecule has 7 heteroatoms. The van der Waals surface area contributed by atoms with Gasteiger partial charge in [-0.2, -0.15) is 0 Å². The SMILES string of the molecule is CCOc1ccc(NC(=O)Cn2cc(S(=O)(=O)Cc3ccccc3)c3ccccc32)cc1. The summed E-state index contributed by atoms with van der Waals surface area (Å²) in [6.45, 7) is 2.47. The number of para-hydroxylation sites is 1. The van der Waals surface area contributed by atoms with Gasteiger partial charge in [0, 0.05) is 22.8 Å². The van der Waals surface area contributed by atoms with Gasteiger partial charge in [-0.25, -0.2) is 8.42 Å². The Morgan fingerprint density at radius 1 is 0.938 bits per heavy atom. The second-order valence-corrected chi connectivity index (χ2v) is 9.35. The molecule has 0 aliphatic rings. The van der Waals surface area contributed by atoms with Crippen molar-refractivity contribution in [2.75, 3.05) is 11.9 Å². The summed E-state index contributed by atoms with van der Waals surface area (Å²) in [7, 11) is -3.59. The molecule has 1 amide bonds. The summed E-state index contributed by atoms with van der Waals surface area (Å²) < 4.78 is 33.4. The van der Waals surface area contributed by atoms with Gasteiger partial charge in [0.2, 0.25) is 5.91 Å². The molecule has 0 saturated carbocycles. The maximum atomic E-state index is 13.2. The molecule has 0 fully saturated rings. The lowest BCUT2D eigenvalue weighted by Gasteiger charge is -2.08. The molecule has 1 aromatic heterocycles. The summed E-state index contributed by atoms with van der Waals surface area (Å²) in [5.74, 6) is 0.386. The Balaban J connectivity index is 1.58. The van der Waals surface area contributed by atoms with Gasteiger partial charge < -0.3 is 14.6 Å². The number of fused-ring (bicyclic) bond motifs is 1. The van der Waals surface area contributed by atoms with Crippen LogP contribution in [0.2, 0.25) is 0 Å². The predicted octanol–water partition coefficient (Wildman–Crippen LogP) is 4.65. The van der Waals surface area contributed by atoms with E-state index >= 15 is 0 Å². The van der Waals surface area contributed by atoms with Gasteiger partial charge in [0.1, 0.15) is 12.3 Å². The molecule has 3 aromatic carbocycles. The highest BCUT2D eigenvalue weighted by atomic mass is 32.2. The lowest BCUT2D eigenvalue weighted by atomic mass is 10.2. The number of amides is 1. The fourth-order valence-corrected chi connectivity index (χ4v) is 5.20. The molecular weight excluding hydrogens is 424 g/mol. The highest BCUT2D eigenvalue weighted by molar-refractivity contribution is 7.90. The van der Waals surface area contributed by atoms with E-state index in [0.717, 1.165) is 11.3 Å². The van der Waals surface area contributed by atoms with E-state index in [1.165, 1.54) is 0 Å². The number of hydrogen-bond donors (Lipinski definition) is 1. The minimum Gasteiger partial charge on any atom is -0.494 e. The molecule has 164 valence electrons. The standard InChI is InChI=1S/C25H24N2O4S/c1-2-31-21-14-12-20(13-15-21)26-25(28)17-27-16-24(22-10-6-7-11-23(22)27)32(29,30)18-19-8-4-3-5-9-19/h3-16H,2,17-18H2,1H3,(H,26,28). The minimum absolute atomic E-state index is 0.00538. The number of nitrogens with one attached hydrogen (secondary N) is 1. The number of rotatable bonds is 8. The number of sulfone groups is 1. The first-order chi connectivity index (χ1) is 15.5. The zero-order valence-corrected chi connectivity index (χ0v) is 18.5. The van der Waals surface area contributed by atoms with Crippen molar-refractivity contribution in [2.24, 2.45) is 0 Å². The van der Waals surface area contributed by atoms with Crippen LogP contribution in [0.1, 0.15) is 12.5 Å². The normalized spacial score (nSPS) is 11.4. The number of benzene rings is 3. The molecule has 0 radical (unpaired) electrons. The molecule has 0 saturated heterocycles. The Morgan fingerprint density at radius 3 is 2.34 bits per heavy atom. The third kappa shape index (κ3) is 4.84. The number of ether oxygens (including phenoxy) is 1. The van der Waals surface area contributed by atoms with E-state index in [1.807, 2.05) is 37.3 Å². The molecule has 32 heavy (non-hydrogen) atoms. The van der Waals surface area contributed by atoms with E-state index in [0.29, 0.717) is 23.2 Å². The van der Waals surface area contributed by atoms with Gasteiger partial charge in [-0.1, -0.05) is 48.5 Å². The average Bonchev–Trinajstić information content (AvgIpc) is 3.15. The molecule has 6 nitrogen and oxygen atoms in total. The van der Waals surface area contributed by atoms with Crippen LogP contribution in [0.3, 0.4) is 0 Å². The first-order valence-electron chi connectivity index (χ1n) is 10.3. The van der Waals surface area contributed by atoms with E-state index in [-0.39, 0.29) is 23.1 Å². The summed E-state index contributed by atoms with van der Waals surface area (Å²) in [4.78, 5) is 12.9. The van der Waals surface area contributed by atoms with Crippen molar-refractivity contribution in [1.29, 1.82) is 0 Å². The Morgan fingerprint density at radius 2 is 1.62 bits per heavy atom. The highest BCUT2D eigenvalue weighted by Crippen LogP contribution is 2.28. The summed E-state index contributed by atoms with van der Waals surface area (Å²) >= 11 is 0. The Bertz CT molecular complexity index is 1330. The third-order valence-electron chi connectivity index (χ3n) is 5.05. The quantitative estimate of drug-likeness (QED) is 0.426. The lowest BCUT2D eigenvalue weighted by Crippen LogP contribution is -2.18. The fourth-order valence-electron chi connectivity index (χ4n) is 3.62. The van der Waals surface area contributed by atoms with Crippen molar-refractivity contribution >= 4 is 32.3 Å². The van der Waals surface area contributed by atoms with Crippen molar-refractivity contribution in [3.63, 3.8) is 0 Å². The van der Waals surface area contributed by atoms with Crippen molar-refractivity contribution in [2.45, 2.75) is 24.1 Å². The number of aromatic nitrogens is 1. The molecule has 0 aliphatic heterocycles. The second kappa shape index (κ2) is 9.28. The zero-order valence-electron chi connectivity index (χ0n) is 17.7. The predicted molar refractivity (Wildman–Crippen MR) is 126 cm³/mol. The van der Waals surface area contributed by atoms with E-state index in [1.54, 1.807) is 59.3 Å². The van der Waals surface area contributed by atoms with Gasteiger partial charge in [0.25, 0.3) is 0 Å². The van der Waals surface area contributed by atoms with Crippen molar-refractivity contribution in [3.05, 3.63) is 90.6 Å². The lowest BCUT2D eigenvalue weighted by molar-refractivity contribution is -0.116. The number of nitrogens with zero attached hydrogens (tertiary/aromatic N) is 1. The fraction of sp³-hybridized carbons (Fsp3) is 0.160. The maximum absolute atomic E-state index is 13.2. The van der Waals surface area contributed by atoms with Crippen LogP contribution in [0.4, 0.5) is 5.69 Å². The highest BCUT2D eigenvalue weighted by Gasteiger charge is 2.22. The number of carbonyl (C=O) groups excluding carboxylic acids is 1. The van der Waals surface area contributed by atoms with Crippen LogP contribution in [-0.2, 0) is 26.9 Å². The van der Waals surface area contributed by atoms with E-state index in [2.05, 4.69) is 5.32 Å². The summed E-state index contributed by atoms with van der Waals surface area (Å²) in [6.07, 6.45) is 1.56. The molecule has 0 spiro atoms. The second-order valence-electron chi connectivity index (χ2n) is 7.39. The van der Waals surface area contributed by atoms with Crippen molar-refractivity contribution < 1.29 is 17.9 Å². The Hall–Kier alpha value is -3.58. The molecule has 4 rings (SSSR count). The number of anilines is 1. The first-order valence-corrected chi connectivity index (χ1v) is 12.0. The first kappa shape index (κ1) is 21.6.